The van der Waals surface area contributed by atoms with Crippen molar-refractivity contribution >= 4 is 18.6 Å². The lowest BCUT2D eigenvalue weighted by atomic mass is 9.95. The lowest BCUT2D eigenvalue weighted by molar-refractivity contribution is -0.142. The van der Waals surface area contributed by atoms with Crippen LogP contribution in [-0.2, 0) is 9.53 Å². The maximum absolute atomic E-state index is 11.4. The normalized spacial score (nSPS) is 24.7. The fourth-order valence-electron chi connectivity index (χ4n) is 2.68. The molecule has 1 N–H and O–H groups in total. The molecule has 102 valence electrons. The van der Waals surface area contributed by atoms with Crippen LogP contribution in [0.1, 0.15) is 45.4 Å². The van der Waals surface area contributed by atoms with Crippen LogP contribution in [0.4, 0.5) is 0 Å². The van der Waals surface area contributed by atoms with E-state index in [2.05, 4.69) is 22.8 Å². The smallest absolute Gasteiger partial charge is 0.311 e. The lowest BCUT2D eigenvalue weighted by Crippen LogP contribution is -2.39. The highest BCUT2D eigenvalue weighted by Gasteiger charge is 2.28. The van der Waals surface area contributed by atoms with Gasteiger partial charge in [-0.2, -0.15) is 0 Å². The summed E-state index contributed by atoms with van der Waals surface area (Å²) in [6, 6.07) is 0.563. The van der Waals surface area contributed by atoms with E-state index in [1.165, 1.54) is 32.1 Å². The molecule has 1 saturated carbocycles. The zero-order valence-corrected chi connectivity index (χ0v) is 11.8. The Kier molecular flexibility index (Phi) is 4.80. The summed E-state index contributed by atoms with van der Waals surface area (Å²) in [6.45, 7) is 2.26. The molecule has 0 bridgehead atoms. The molecule has 1 heterocycles. The van der Waals surface area contributed by atoms with Crippen molar-refractivity contribution < 1.29 is 9.53 Å². The molecule has 1 aliphatic carbocycles. The van der Waals surface area contributed by atoms with Gasteiger partial charge in [0.05, 0.1) is 13.0 Å². The minimum Gasteiger partial charge on any atom is -0.466 e. The molecule has 1 aliphatic heterocycles. The number of carbonyl (C=O) groups is 1. The largest absolute Gasteiger partial charge is 0.466 e. The number of ether oxygens (including phenoxy) is 1. The molecule has 18 heavy (non-hydrogen) atoms. The van der Waals surface area contributed by atoms with Crippen LogP contribution in [-0.4, -0.2) is 29.0 Å². The summed E-state index contributed by atoms with van der Waals surface area (Å²) in [5.41, 5.74) is 0.913. The maximum Gasteiger partial charge on any atom is 0.311 e. The minimum atomic E-state index is -0.178. The zero-order valence-electron chi connectivity index (χ0n) is 10.9. The predicted octanol–water partition coefficient (Wildman–Crippen LogP) is 2.23. The van der Waals surface area contributed by atoms with E-state index in [1.807, 2.05) is 13.1 Å². The average Bonchev–Trinajstić information content (AvgIpc) is 2.71. The summed E-state index contributed by atoms with van der Waals surface area (Å²) in [5.74, 6) is -0.178. The standard InChI is InChI=1S/C13H22N2O2S/c1-2-17-12(16)8-10-9-15(13(18)14-10)11-6-4-3-5-7-11/h9,11,13-14,18H,2-8H2,1H3. The Morgan fingerprint density at radius 2 is 2.22 bits per heavy atom. The van der Waals surface area contributed by atoms with Crippen LogP contribution >= 0.6 is 12.6 Å². The van der Waals surface area contributed by atoms with E-state index >= 15 is 0 Å². The molecule has 0 radical (unpaired) electrons. The van der Waals surface area contributed by atoms with Gasteiger partial charge in [0.2, 0.25) is 0 Å². The van der Waals surface area contributed by atoms with Crippen LogP contribution in [0.2, 0.25) is 0 Å². The van der Waals surface area contributed by atoms with Crippen LogP contribution < -0.4 is 5.32 Å². The highest BCUT2D eigenvalue weighted by Crippen LogP contribution is 2.28. The quantitative estimate of drug-likeness (QED) is 0.607. The number of nitrogens with one attached hydrogen (secondary N) is 1. The van der Waals surface area contributed by atoms with Gasteiger partial charge in [0, 0.05) is 17.9 Å². The highest BCUT2D eigenvalue weighted by atomic mass is 32.1. The molecule has 0 aromatic rings. The van der Waals surface area contributed by atoms with Gasteiger partial charge in [-0.3, -0.25) is 4.79 Å². The molecule has 1 unspecified atom stereocenters. The number of thiol groups is 1. The molecular formula is C13H22N2O2S. The number of nitrogens with zero attached hydrogens (tertiary/aromatic N) is 1. The molecule has 4 nitrogen and oxygen atoms in total. The third-order valence-electron chi connectivity index (χ3n) is 3.54. The number of esters is 1. The molecule has 0 spiro atoms. The molecule has 0 saturated heterocycles. The van der Waals surface area contributed by atoms with Crippen molar-refractivity contribution in [1.82, 2.24) is 10.2 Å². The van der Waals surface area contributed by atoms with E-state index in [-0.39, 0.29) is 11.5 Å². The Morgan fingerprint density at radius 3 is 2.89 bits per heavy atom. The van der Waals surface area contributed by atoms with Crippen molar-refractivity contribution in [3.05, 3.63) is 11.9 Å². The molecule has 0 aromatic carbocycles. The number of rotatable bonds is 4. The van der Waals surface area contributed by atoms with Crippen LogP contribution in [0.25, 0.3) is 0 Å². The van der Waals surface area contributed by atoms with Gasteiger partial charge < -0.3 is 15.0 Å². The van der Waals surface area contributed by atoms with Gasteiger partial charge in [0.25, 0.3) is 0 Å². The van der Waals surface area contributed by atoms with Gasteiger partial charge in [0.1, 0.15) is 5.50 Å². The summed E-state index contributed by atoms with van der Waals surface area (Å²) in [5, 5.41) is 3.24. The Morgan fingerprint density at radius 1 is 1.50 bits per heavy atom. The average molecular weight is 270 g/mol. The van der Waals surface area contributed by atoms with Gasteiger partial charge in [0.15, 0.2) is 0 Å². The van der Waals surface area contributed by atoms with Crippen molar-refractivity contribution in [2.24, 2.45) is 0 Å². The summed E-state index contributed by atoms with van der Waals surface area (Å²) in [6.07, 6.45) is 8.74. The monoisotopic (exact) mass is 270 g/mol. The Hall–Kier alpha value is -0.840. The molecule has 0 amide bonds. The lowest BCUT2D eigenvalue weighted by Gasteiger charge is -2.33. The summed E-state index contributed by atoms with van der Waals surface area (Å²) >= 11 is 4.54. The second kappa shape index (κ2) is 6.36. The third kappa shape index (κ3) is 3.34. The van der Waals surface area contributed by atoms with Crippen molar-refractivity contribution in [3.8, 4) is 0 Å². The first kappa shape index (κ1) is 13.6. The van der Waals surface area contributed by atoms with Crippen molar-refractivity contribution in [3.63, 3.8) is 0 Å². The highest BCUT2D eigenvalue weighted by molar-refractivity contribution is 7.80. The van der Waals surface area contributed by atoms with E-state index in [0.717, 1.165) is 5.70 Å². The van der Waals surface area contributed by atoms with Gasteiger partial charge in [-0.05, 0) is 19.8 Å². The van der Waals surface area contributed by atoms with E-state index < -0.39 is 0 Å². The molecule has 5 heteroatoms. The number of carbonyl (C=O) groups excluding carboxylic acids is 1. The summed E-state index contributed by atoms with van der Waals surface area (Å²) < 4.78 is 4.96. The van der Waals surface area contributed by atoms with Gasteiger partial charge in [-0.1, -0.05) is 19.3 Å². The summed E-state index contributed by atoms with van der Waals surface area (Å²) in [4.78, 5) is 13.7. The molecular weight excluding hydrogens is 248 g/mol. The van der Waals surface area contributed by atoms with Crippen molar-refractivity contribution in [2.75, 3.05) is 6.61 Å². The number of hydrogen-bond donors (Lipinski definition) is 2. The first-order valence-corrected chi connectivity index (χ1v) is 7.30. The van der Waals surface area contributed by atoms with Crippen LogP contribution in [0.15, 0.2) is 11.9 Å². The summed E-state index contributed by atoms with van der Waals surface area (Å²) in [7, 11) is 0. The Labute approximate surface area is 114 Å². The Bertz CT molecular complexity index is 327. The topological polar surface area (TPSA) is 41.6 Å². The Balaban J connectivity index is 1.91. The molecule has 0 aromatic heterocycles. The van der Waals surface area contributed by atoms with Crippen LogP contribution in [0, 0.1) is 0 Å². The van der Waals surface area contributed by atoms with Crippen LogP contribution in [0.5, 0.6) is 0 Å². The molecule has 2 aliphatic rings. The zero-order chi connectivity index (χ0) is 13.0. The first-order chi connectivity index (χ1) is 8.70. The fourth-order valence-corrected chi connectivity index (χ4v) is 3.10. The van der Waals surface area contributed by atoms with E-state index in [4.69, 9.17) is 4.74 Å². The van der Waals surface area contributed by atoms with Crippen molar-refractivity contribution in [1.29, 1.82) is 0 Å². The maximum atomic E-state index is 11.4. The number of hydrogen-bond acceptors (Lipinski definition) is 5. The second-order valence-electron chi connectivity index (χ2n) is 4.89. The van der Waals surface area contributed by atoms with Gasteiger partial charge in [-0.15, -0.1) is 12.6 Å². The minimum absolute atomic E-state index is 0.00229. The fraction of sp³-hybridized carbons (Fsp3) is 0.769. The second-order valence-corrected chi connectivity index (χ2v) is 5.38. The SMILES string of the molecule is CCOC(=O)CC1=CN(C2CCCCC2)C(S)N1. The predicted molar refractivity (Wildman–Crippen MR) is 74.0 cm³/mol. The van der Waals surface area contributed by atoms with E-state index in [9.17, 15) is 4.79 Å². The van der Waals surface area contributed by atoms with Gasteiger partial charge >= 0.3 is 5.97 Å². The third-order valence-corrected chi connectivity index (χ3v) is 3.93. The van der Waals surface area contributed by atoms with Crippen LogP contribution in [0.3, 0.4) is 0 Å². The molecule has 1 fully saturated rings. The van der Waals surface area contributed by atoms with E-state index in [0.29, 0.717) is 19.1 Å². The molecule has 1 atom stereocenters. The molecule has 2 rings (SSSR count). The van der Waals surface area contributed by atoms with E-state index in [1.54, 1.807) is 0 Å². The van der Waals surface area contributed by atoms with Crippen molar-refractivity contribution in [2.45, 2.75) is 57.0 Å². The van der Waals surface area contributed by atoms with Gasteiger partial charge in [-0.25, -0.2) is 0 Å². The first-order valence-electron chi connectivity index (χ1n) is 6.79.